The number of guanidine groups is 1. The highest BCUT2D eigenvalue weighted by atomic mass is 16.5. The Balaban J connectivity index is 1.51. The second-order valence-corrected chi connectivity index (χ2v) is 7.83. The molecule has 1 atom stereocenters. The average molecular weight is 399 g/mol. The van der Waals surface area contributed by atoms with Gasteiger partial charge in [0.15, 0.2) is 5.96 Å². The third-order valence-electron chi connectivity index (χ3n) is 5.14. The van der Waals surface area contributed by atoms with Gasteiger partial charge in [-0.25, -0.2) is 4.68 Å². The van der Waals surface area contributed by atoms with Crippen molar-refractivity contribution in [1.82, 2.24) is 25.3 Å². The molecule has 7 heteroatoms. The number of hydrogen-bond donors (Lipinski definition) is 2. The summed E-state index contributed by atoms with van der Waals surface area (Å²) in [4.78, 5) is 6.91. The van der Waals surface area contributed by atoms with Gasteiger partial charge in [0.2, 0.25) is 0 Å². The molecule has 0 bridgehead atoms. The number of rotatable bonds is 8. The summed E-state index contributed by atoms with van der Waals surface area (Å²) in [5.41, 5.74) is 2.03. The number of benzene rings is 1. The van der Waals surface area contributed by atoms with Crippen molar-refractivity contribution in [2.24, 2.45) is 10.9 Å². The third-order valence-corrected chi connectivity index (χ3v) is 5.14. The maximum atomic E-state index is 5.52. The monoisotopic (exact) mass is 398 g/mol. The number of morpholine rings is 1. The highest BCUT2D eigenvalue weighted by Gasteiger charge is 2.22. The van der Waals surface area contributed by atoms with E-state index in [0.717, 1.165) is 56.6 Å². The summed E-state index contributed by atoms with van der Waals surface area (Å²) < 4.78 is 7.41. The Morgan fingerprint density at radius 2 is 1.90 bits per heavy atom. The van der Waals surface area contributed by atoms with Crippen LogP contribution in [0.2, 0.25) is 0 Å². The second-order valence-electron chi connectivity index (χ2n) is 7.83. The number of hydrogen-bond acceptors (Lipinski definition) is 4. The molecule has 2 heterocycles. The van der Waals surface area contributed by atoms with Crippen LogP contribution in [0, 0.1) is 5.92 Å². The first kappa shape index (κ1) is 21.3. The van der Waals surface area contributed by atoms with E-state index in [4.69, 9.17) is 4.74 Å². The number of aliphatic imine (C=N–C) groups is 1. The standard InChI is InChI=1S/C22H34N6O/c1-18(2)15-21(27-11-13-29-14-12-27)17-25-22(23-3)24-16-19-9-10-28(26-19)20-7-5-4-6-8-20/h4-10,18,21H,11-17H2,1-3H3,(H2,23,24,25). The van der Waals surface area contributed by atoms with Gasteiger partial charge < -0.3 is 15.4 Å². The quantitative estimate of drug-likeness (QED) is 0.528. The average Bonchev–Trinajstić information content (AvgIpc) is 3.23. The van der Waals surface area contributed by atoms with Crippen molar-refractivity contribution < 1.29 is 4.74 Å². The molecule has 0 amide bonds. The van der Waals surface area contributed by atoms with Crippen LogP contribution in [0.1, 0.15) is 26.0 Å². The van der Waals surface area contributed by atoms with Crippen LogP contribution >= 0.6 is 0 Å². The van der Waals surface area contributed by atoms with E-state index >= 15 is 0 Å². The summed E-state index contributed by atoms with van der Waals surface area (Å²) in [6, 6.07) is 12.6. The number of ether oxygens (including phenoxy) is 1. The summed E-state index contributed by atoms with van der Waals surface area (Å²) in [5, 5.41) is 11.5. The minimum absolute atomic E-state index is 0.481. The van der Waals surface area contributed by atoms with Gasteiger partial charge in [0.05, 0.1) is 31.1 Å². The predicted molar refractivity (Wildman–Crippen MR) is 117 cm³/mol. The van der Waals surface area contributed by atoms with Crippen molar-refractivity contribution in [3.8, 4) is 5.69 Å². The lowest BCUT2D eigenvalue weighted by atomic mass is 10.0. The fourth-order valence-corrected chi connectivity index (χ4v) is 3.64. The fourth-order valence-electron chi connectivity index (χ4n) is 3.64. The van der Waals surface area contributed by atoms with Gasteiger partial charge in [0.25, 0.3) is 0 Å². The second kappa shape index (κ2) is 11.0. The lowest BCUT2D eigenvalue weighted by Crippen LogP contribution is -2.51. The Kier molecular flexibility index (Phi) is 8.07. The lowest BCUT2D eigenvalue weighted by Gasteiger charge is -2.35. The molecule has 1 saturated heterocycles. The van der Waals surface area contributed by atoms with Crippen molar-refractivity contribution in [3.63, 3.8) is 0 Å². The minimum atomic E-state index is 0.481. The van der Waals surface area contributed by atoms with Crippen LogP contribution in [0.25, 0.3) is 5.69 Å². The van der Waals surface area contributed by atoms with E-state index in [9.17, 15) is 0 Å². The Morgan fingerprint density at radius 1 is 1.14 bits per heavy atom. The first-order chi connectivity index (χ1) is 14.2. The molecular weight excluding hydrogens is 364 g/mol. The molecule has 1 aliphatic rings. The molecule has 1 aromatic carbocycles. The molecule has 0 saturated carbocycles. The van der Waals surface area contributed by atoms with Crippen molar-refractivity contribution in [1.29, 1.82) is 0 Å². The molecule has 1 unspecified atom stereocenters. The van der Waals surface area contributed by atoms with Gasteiger partial charge >= 0.3 is 0 Å². The van der Waals surface area contributed by atoms with Crippen molar-refractivity contribution >= 4 is 5.96 Å². The summed E-state index contributed by atoms with van der Waals surface area (Å²) in [6.07, 6.45) is 3.14. The molecule has 0 aliphatic carbocycles. The number of nitrogens with one attached hydrogen (secondary N) is 2. The molecule has 2 N–H and O–H groups in total. The van der Waals surface area contributed by atoms with E-state index < -0.39 is 0 Å². The van der Waals surface area contributed by atoms with Gasteiger partial charge in [-0.05, 0) is 30.5 Å². The van der Waals surface area contributed by atoms with Crippen LogP contribution in [0.4, 0.5) is 0 Å². The summed E-state index contributed by atoms with van der Waals surface area (Å²) in [7, 11) is 1.81. The topological polar surface area (TPSA) is 66.7 Å². The first-order valence-corrected chi connectivity index (χ1v) is 10.5. The van der Waals surface area contributed by atoms with Gasteiger partial charge in [0.1, 0.15) is 0 Å². The van der Waals surface area contributed by atoms with Gasteiger partial charge in [-0.3, -0.25) is 9.89 Å². The van der Waals surface area contributed by atoms with Gasteiger partial charge in [-0.2, -0.15) is 5.10 Å². The smallest absolute Gasteiger partial charge is 0.191 e. The lowest BCUT2D eigenvalue weighted by molar-refractivity contribution is 0.0132. The van der Waals surface area contributed by atoms with Crippen LogP contribution in [0.15, 0.2) is 47.6 Å². The van der Waals surface area contributed by atoms with E-state index in [0.29, 0.717) is 18.5 Å². The largest absolute Gasteiger partial charge is 0.379 e. The van der Waals surface area contributed by atoms with E-state index in [1.807, 2.05) is 54.3 Å². The SMILES string of the molecule is CN=C(NCc1ccn(-c2ccccc2)n1)NCC(CC(C)C)N1CCOCC1. The Morgan fingerprint density at radius 3 is 2.59 bits per heavy atom. The highest BCUT2D eigenvalue weighted by Crippen LogP contribution is 2.13. The van der Waals surface area contributed by atoms with Crippen LogP contribution in [0.5, 0.6) is 0 Å². The number of nitrogens with zero attached hydrogens (tertiary/aromatic N) is 4. The molecule has 1 aromatic heterocycles. The summed E-state index contributed by atoms with van der Waals surface area (Å²) in [5.74, 6) is 1.46. The van der Waals surface area contributed by atoms with Crippen LogP contribution in [-0.2, 0) is 11.3 Å². The number of para-hydroxylation sites is 1. The molecule has 158 valence electrons. The van der Waals surface area contributed by atoms with Gasteiger partial charge in [-0.15, -0.1) is 0 Å². The Bertz CT molecular complexity index is 752. The zero-order valence-electron chi connectivity index (χ0n) is 17.8. The first-order valence-electron chi connectivity index (χ1n) is 10.5. The molecule has 29 heavy (non-hydrogen) atoms. The zero-order valence-corrected chi connectivity index (χ0v) is 17.8. The number of aromatic nitrogens is 2. The Labute approximate surface area is 174 Å². The molecule has 7 nitrogen and oxygen atoms in total. The van der Waals surface area contributed by atoms with Crippen molar-refractivity contribution in [2.45, 2.75) is 32.9 Å². The molecule has 0 spiro atoms. The fraction of sp³-hybridized carbons (Fsp3) is 0.545. The molecule has 0 radical (unpaired) electrons. The van der Waals surface area contributed by atoms with Gasteiger partial charge in [0, 0.05) is 38.9 Å². The van der Waals surface area contributed by atoms with Crippen LogP contribution < -0.4 is 10.6 Å². The molecule has 1 aliphatic heterocycles. The van der Waals surface area contributed by atoms with Crippen molar-refractivity contribution in [2.75, 3.05) is 39.9 Å². The maximum absolute atomic E-state index is 5.52. The maximum Gasteiger partial charge on any atom is 0.191 e. The summed E-state index contributed by atoms with van der Waals surface area (Å²) >= 11 is 0. The van der Waals surface area contributed by atoms with Crippen molar-refractivity contribution in [3.05, 3.63) is 48.3 Å². The Hall–Kier alpha value is -2.38. The molecule has 3 rings (SSSR count). The molecule has 1 fully saturated rings. The third kappa shape index (κ3) is 6.58. The van der Waals surface area contributed by atoms with Gasteiger partial charge in [-0.1, -0.05) is 32.0 Å². The zero-order chi connectivity index (χ0) is 20.5. The van der Waals surface area contributed by atoms with E-state index in [2.05, 4.69) is 39.5 Å². The summed E-state index contributed by atoms with van der Waals surface area (Å²) in [6.45, 7) is 9.72. The van der Waals surface area contributed by atoms with E-state index in [1.165, 1.54) is 0 Å². The van der Waals surface area contributed by atoms with Crippen LogP contribution in [0.3, 0.4) is 0 Å². The van der Waals surface area contributed by atoms with Crippen LogP contribution in [-0.4, -0.2) is 66.6 Å². The highest BCUT2D eigenvalue weighted by molar-refractivity contribution is 5.79. The predicted octanol–water partition coefficient (Wildman–Crippen LogP) is 2.28. The van der Waals surface area contributed by atoms with E-state index in [-0.39, 0.29) is 0 Å². The molecular formula is C22H34N6O. The molecule has 2 aromatic rings. The normalized spacial score (nSPS) is 16.8. The van der Waals surface area contributed by atoms with E-state index in [1.54, 1.807) is 0 Å². The minimum Gasteiger partial charge on any atom is -0.379 e.